The zero-order chi connectivity index (χ0) is 9.42. The normalized spacial score (nSPS) is 10.5. The third-order valence-electron chi connectivity index (χ3n) is 2.00. The van der Waals surface area contributed by atoms with Gasteiger partial charge in [-0.15, -0.1) is 0 Å². The zero-order valence-electron chi connectivity index (χ0n) is 7.28. The van der Waals surface area contributed by atoms with Crippen molar-refractivity contribution in [3.63, 3.8) is 0 Å². The van der Waals surface area contributed by atoms with Crippen molar-refractivity contribution in [2.75, 3.05) is 5.73 Å². The van der Waals surface area contributed by atoms with Crippen LogP contribution in [-0.4, -0.2) is 10.1 Å². The lowest BCUT2D eigenvalue weighted by molar-refractivity contribution is 0.469. The average Bonchev–Trinajstić information content (AvgIpc) is 2.08. The summed E-state index contributed by atoms with van der Waals surface area (Å²) in [6.07, 6.45) is 0. The quantitative estimate of drug-likeness (QED) is 0.599. The molecule has 0 saturated carbocycles. The number of aromatic nitrogens is 1. The summed E-state index contributed by atoms with van der Waals surface area (Å²) in [6, 6.07) is 7.11. The fourth-order valence-corrected chi connectivity index (χ4v) is 1.28. The van der Waals surface area contributed by atoms with Crippen molar-refractivity contribution in [2.24, 2.45) is 0 Å². The van der Waals surface area contributed by atoms with Crippen molar-refractivity contribution in [3.8, 4) is 5.75 Å². The molecule has 0 unspecified atom stereocenters. The third-order valence-corrected chi connectivity index (χ3v) is 2.00. The van der Waals surface area contributed by atoms with Gasteiger partial charge in [0.1, 0.15) is 5.75 Å². The van der Waals surface area contributed by atoms with E-state index in [9.17, 15) is 5.11 Å². The van der Waals surface area contributed by atoms with Crippen LogP contribution in [0.25, 0.3) is 10.9 Å². The molecule has 0 bridgehead atoms. The highest BCUT2D eigenvalue weighted by molar-refractivity contribution is 5.83. The van der Waals surface area contributed by atoms with Gasteiger partial charge in [-0.05, 0) is 31.2 Å². The van der Waals surface area contributed by atoms with Crippen LogP contribution in [0, 0.1) is 6.92 Å². The number of nitrogen functional groups attached to an aromatic ring is 1. The summed E-state index contributed by atoms with van der Waals surface area (Å²) in [4.78, 5) is 4.21. The second-order valence-electron chi connectivity index (χ2n) is 3.05. The maximum Gasteiger partial charge on any atom is 0.137 e. The standard InChI is InChI=1S/C10H10N2O/c1-6-10(13)5-7-4-8(11)2-3-9(7)12-6/h2-5,13H,11H2,1H3. The fourth-order valence-electron chi connectivity index (χ4n) is 1.28. The van der Waals surface area contributed by atoms with Crippen LogP contribution < -0.4 is 5.73 Å². The summed E-state index contributed by atoms with van der Waals surface area (Å²) >= 11 is 0. The summed E-state index contributed by atoms with van der Waals surface area (Å²) in [7, 11) is 0. The molecule has 1 heterocycles. The van der Waals surface area contributed by atoms with E-state index >= 15 is 0 Å². The van der Waals surface area contributed by atoms with Crippen LogP contribution in [0.3, 0.4) is 0 Å². The number of rotatable bonds is 0. The van der Waals surface area contributed by atoms with E-state index < -0.39 is 0 Å². The van der Waals surface area contributed by atoms with Gasteiger partial charge in [0, 0.05) is 11.1 Å². The molecule has 0 aliphatic heterocycles. The molecule has 0 aliphatic carbocycles. The van der Waals surface area contributed by atoms with Crippen LogP contribution in [0.1, 0.15) is 5.69 Å². The molecule has 2 aromatic rings. The fraction of sp³-hybridized carbons (Fsp3) is 0.100. The van der Waals surface area contributed by atoms with Crippen LogP contribution in [0.15, 0.2) is 24.3 Å². The van der Waals surface area contributed by atoms with Gasteiger partial charge in [0.25, 0.3) is 0 Å². The minimum absolute atomic E-state index is 0.207. The van der Waals surface area contributed by atoms with Gasteiger partial charge in [0.05, 0.1) is 11.2 Å². The highest BCUT2D eigenvalue weighted by Gasteiger charge is 2.00. The van der Waals surface area contributed by atoms with Crippen LogP contribution in [0.2, 0.25) is 0 Å². The molecule has 1 aromatic heterocycles. The van der Waals surface area contributed by atoms with Gasteiger partial charge in [-0.25, -0.2) is 4.98 Å². The van der Waals surface area contributed by atoms with Crippen molar-refractivity contribution >= 4 is 16.6 Å². The molecule has 2 rings (SSSR count). The Hall–Kier alpha value is -1.77. The lowest BCUT2D eigenvalue weighted by Gasteiger charge is -2.02. The Bertz CT molecular complexity index is 466. The summed E-state index contributed by atoms with van der Waals surface area (Å²) in [5.74, 6) is 0.207. The summed E-state index contributed by atoms with van der Waals surface area (Å²) in [5, 5.41) is 10.3. The maximum absolute atomic E-state index is 9.40. The van der Waals surface area contributed by atoms with Gasteiger partial charge in [0.15, 0.2) is 0 Å². The Morgan fingerprint density at radius 3 is 2.85 bits per heavy atom. The minimum Gasteiger partial charge on any atom is -0.506 e. The Balaban J connectivity index is 2.81. The molecule has 0 spiro atoms. The Morgan fingerprint density at radius 1 is 1.31 bits per heavy atom. The van der Waals surface area contributed by atoms with E-state index in [4.69, 9.17) is 5.73 Å². The number of nitrogens with two attached hydrogens (primary N) is 1. The van der Waals surface area contributed by atoms with Crippen molar-refractivity contribution in [1.29, 1.82) is 0 Å². The van der Waals surface area contributed by atoms with Crippen LogP contribution in [-0.2, 0) is 0 Å². The van der Waals surface area contributed by atoms with E-state index in [0.29, 0.717) is 11.4 Å². The lowest BCUT2D eigenvalue weighted by atomic mass is 10.2. The highest BCUT2D eigenvalue weighted by atomic mass is 16.3. The Labute approximate surface area is 75.8 Å². The molecular formula is C10H10N2O. The number of hydrogen-bond donors (Lipinski definition) is 2. The van der Waals surface area contributed by atoms with Crippen molar-refractivity contribution in [3.05, 3.63) is 30.0 Å². The molecular weight excluding hydrogens is 164 g/mol. The van der Waals surface area contributed by atoms with E-state index in [1.54, 1.807) is 25.1 Å². The minimum atomic E-state index is 0.207. The average molecular weight is 174 g/mol. The largest absolute Gasteiger partial charge is 0.506 e. The molecule has 3 heteroatoms. The first-order chi connectivity index (χ1) is 6.16. The number of nitrogens with zero attached hydrogens (tertiary/aromatic N) is 1. The first-order valence-electron chi connectivity index (χ1n) is 4.02. The monoisotopic (exact) mass is 174 g/mol. The molecule has 1 aromatic carbocycles. The van der Waals surface area contributed by atoms with Crippen LogP contribution >= 0.6 is 0 Å². The first-order valence-corrected chi connectivity index (χ1v) is 4.02. The molecule has 0 amide bonds. The summed E-state index contributed by atoms with van der Waals surface area (Å²) in [5.41, 5.74) is 7.77. The van der Waals surface area contributed by atoms with E-state index in [-0.39, 0.29) is 5.75 Å². The van der Waals surface area contributed by atoms with E-state index in [0.717, 1.165) is 10.9 Å². The Morgan fingerprint density at radius 2 is 2.08 bits per heavy atom. The van der Waals surface area contributed by atoms with E-state index in [2.05, 4.69) is 4.98 Å². The lowest BCUT2D eigenvalue weighted by Crippen LogP contribution is -1.87. The maximum atomic E-state index is 9.40. The first kappa shape index (κ1) is 7.86. The summed E-state index contributed by atoms with van der Waals surface area (Å²) < 4.78 is 0. The molecule has 13 heavy (non-hydrogen) atoms. The van der Waals surface area contributed by atoms with E-state index in [1.165, 1.54) is 0 Å². The molecule has 0 fully saturated rings. The van der Waals surface area contributed by atoms with Gasteiger partial charge in [-0.3, -0.25) is 0 Å². The second-order valence-corrected chi connectivity index (χ2v) is 3.05. The van der Waals surface area contributed by atoms with Crippen molar-refractivity contribution in [2.45, 2.75) is 6.92 Å². The molecule has 0 atom stereocenters. The number of anilines is 1. The smallest absolute Gasteiger partial charge is 0.137 e. The number of hydrogen-bond acceptors (Lipinski definition) is 3. The molecule has 3 N–H and O–H groups in total. The van der Waals surface area contributed by atoms with Crippen molar-refractivity contribution in [1.82, 2.24) is 4.98 Å². The van der Waals surface area contributed by atoms with Gasteiger partial charge >= 0.3 is 0 Å². The zero-order valence-corrected chi connectivity index (χ0v) is 7.28. The van der Waals surface area contributed by atoms with Crippen molar-refractivity contribution < 1.29 is 5.11 Å². The molecule has 0 saturated heterocycles. The molecule has 0 radical (unpaired) electrons. The number of aromatic hydroxyl groups is 1. The number of pyridine rings is 1. The third kappa shape index (κ3) is 1.28. The molecule has 3 nitrogen and oxygen atoms in total. The SMILES string of the molecule is Cc1nc2ccc(N)cc2cc1O. The summed E-state index contributed by atoms with van der Waals surface area (Å²) in [6.45, 7) is 1.77. The van der Waals surface area contributed by atoms with Gasteiger partial charge in [-0.1, -0.05) is 0 Å². The molecule has 66 valence electrons. The molecule has 0 aliphatic rings. The number of benzene rings is 1. The van der Waals surface area contributed by atoms with Gasteiger partial charge in [-0.2, -0.15) is 0 Å². The highest BCUT2D eigenvalue weighted by Crippen LogP contribution is 2.22. The van der Waals surface area contributed by atoms with E-state index in [1.807, 2.05) is 6.07 Å². The second kappa shape index (κ2) is 2.62. The number of aryl methyl sites for hydroxylation is 1. The Kier molecular flexibility index (Phi) is 1.59. The predicted octanol–water partition coefficient (Wildman–Crippen LogP) is 1.83. The number of fused-ring (bicyclic) bond motifs is 1. The predicted molar refractivity (Wildman–Crippen MR) is 52.6 cm³/mol. The van der Waals surface area contributed by atoms with Gasteiger partial charge < -0.3 is 10.8 Å². The van der Waals surface area contributed by atoms with Gasteiger partial charge in [0.2, 0.25) is 0 Å². The topological polar surface area (TPSA) is 59.1 Å². The van der Waals surface area contributed by atoms with Crippen LogP contribution in [0.4, 0.5) is 5.69 Å². The van der Waals surface area contributed by atoms with Crippen LogP contribution in [0.5, 0.6) is 5.75 Å².